The molecule has 0 heterocycles. The smallest absolute Gasteiger partial charge is 0.311 e. The molecule has 0 bridgehead atoms. The first kappa shape index (κ1) is 13.5. The first-order valence-corrected chi connectivity index (χ1v) is 6.40. The number of esters is 1. The third-order valence-corrected chi connectivity index (χ3v) is 2.87. The van der Waals surface area contributed by atoms with Gasteiger partial charge in [-0.3, -0.25) is 9.59 Å². The number of hydrogen-bond donors (Lipinski definition) is 1. The van der Waals surface area contributed by atoms with Crippen LogP contribution in [-0.4, -0.2) is 18.4 Å². The first-order valence-electron chi connectivity index (χ1n) is 6.40. The lowest BCUT2D eigenvalue weighted by molar-refractivity contribution is -0.134. The maximum Gasteiger partial charge on any atom is 0.311 e. The maximum absolute atomic E-state index is 13.2. The molecule has 1 saturated carbocycles. The number of amides is 1. The van der Waals surface area contributed by atoms with Crippen LogP contribution in [0.1, 0.15) is 25.7 Å². The van der Waals surface area contributed by atoms with Crippen LogP contribution in [0.3, 0.4) is 0 Å². The SMILES string of the molecule is O=C(CCCNC(=O)C1CC1)Oc1ccccc1F. The maximum atomic E-state index is 13.2. The Morgan fingerprint density at radius 2 is 2.05 bits per heavy atom. The van der Waals surface area contributed by atoms with E-state index in [-0.39, 0.29) is 24.0 Å². The van der Waals surface area contributed by atoms with Crippen molar-refractivity contribution in [1.82, 2.24) is 5.32 Å². The van der Waals surface area contributed by atoms with Crippen LogP contribution in [0.2, 0.25) is 0 Å². The summed E-state index contributed by atoms with van der Waals surface area (Å²) in [5.41, 5.74) is 0. The molecule has 2 rings (SSSR count). The summed E-state index contributed by atoms with van der Waals surface area (Å²) in [5.74, 6) is -0.883. The number of nitrogens with one attached hydrogen (secondary N) is 1. The average Bonchev–Trinajstić information content (AvgIpc) is 3.21. The van der Waals surface area contributed by atoms with E-state index in [2.05, 4.69) is 5.32 Å². The molecule has 0 saturated heterocycles. The van der Waals surface area contributed by atoms with Gasteiger partial charge in [-0.05, 0) is 31.4 Å². The van der Waals surface area contributed by atoms with E-state index < -0.39 is 11.8 Å². The van der Waals surface area contributed by atoms with Crippen molar-refractivity contribution in [2.45, 2.75) is 25.7 Å². The highest BCUT2D eigenvalue weighted by molar-refractivity contribution is 5.80. The van der Waals surface area contributed by atoms with Gasteiger partial charge in [0, 0.05) is 18.9 Å². The molecule has 1 N–H and O–H groups in total. The number of carbonyl (C=O) groups is 2. The molecule has 0 aromatic heterocycles. The molecule has 0 spiro atoms. The van der Waals surface area contributed by atoms with Crippen LogP contribution in [0.15, 0.2) is 24.3 Å². The number of carbonyl (C=O) groups excluding carboxylic acids is 2. The lowest BCUT2D eigenvalue weighted by Crippen LogP contribution is -2.26. The lowest BCUT2D eigenvalue weighted by atomic mass is 10.3. The standard InChI is InChI=1S/C14H16FNO3/c15-11-4-1-2-5-12(11)19-13(17)6-3-9-16-14(18)10-7-8-10/h1-2,4-5,10H,3,6-9H2,(H,16,18). The summed E-state index contributed by atoms with van der Waals surface area (Å²) in [4.78, 5) is 22.8. The summed E-state index contributed by atoms with van der Waals surface area (Å²) in [6, 6.07) is 5.77. The van der Waals surface area contributed by atoms with E-state index in [1.54, 1.807) is 6.07 Å². The fraction of sp³-hybridized carbons (Fsp3) is 0.429. The number of rotatable bonds is 6. The Morgan fingerprint density at radius 1 is 1.32 bits per heavy atom. The van der Waals surface area contributed by atoms with E-state index in [0.717, 1.165) is 12.8 Å². The fourth-order valence-corrected chi connectivity index (χ4v) is 1.64. The molecule has 1 aromatic carbocycles. The molecular formula is C14H16FNO3. The summed E-state index contributed by atoms with van der Waals surface area (Å²) < 4.78 is 18.1. The quantitative estimate of drug-likeness (QED) is 0.486. The molecule has 1 aliphatic carbocycles. The Labute approximate surface area is 110 Å². The molecule has 1 aromatic rings. The lowest BCUT2D eigenvalue weighted by Gasteiger charge is -2.06. The van der Waals surface area contributed by atoms with Gasteiger partial charge in [0.25, 0.3) is 0 Å². The second-order valence-electron chi connectivity index (χ2n) is 4.57. The molecule has 4 nitrogen and oxygen atoms in total. The highest BCUT2D eigenvalue weighted by atomic mass is 19.1. The zero-order chi connectivity index (χ0) is 13.7. The van der Waals surface area contributed by atoms with E-state index in [4.69, 9.17) is 4.74 Å². The number of halogens is 1. The Bertz CT molecular complexity index is 472. The second kappa shape index (κ2) is 6.31. The van der Waals surface area contributed by atoms with Gasteiger partial charge in [0.1, 0.15) is 0 Å². The summed E-state index contributed by atoms with van der Waals surface area (Å²) in [7, 11) is 0. The number of ether oxygens (including phenoxy) is 1. The van der Waals surface area contributed by atoms with Crippen LogP contribution in [0.4, 0.5) is 4.39 Å². The molecule has 1 fully saturated rings. The van der Waals surface area contributed by atoms with Crippen LogP contribution in [0, 0.1) is 11.7 Å². The molecule has 0 aliphatic heterocycles. The molecule has 0 unspecified atom stereocenters. The highest BCUT2D eigenvalue weighted by Gasteiger charge is 2.28. The van der Waals surface area contributed by atoms with Crippen LogP contribution < -0.4 is 10.1 Å². The minimum atomic E-state index is -0.558. The van der Waals surface area contributed by atoms with Crippen molar-refractivity contribution in [3.63, 3.8) is 0 Å². The average molecular weight is 265 g/mol. The van der Waals surface area contributed by atoms with Gasteiger partial charge < -0.3 is 10.1 Å². The molecule has 1 amide bonds. The predicted molar refractivity (Wildman–Crippen MR) is 67.0 cm³/mol. The van der Waals surface area contributed by atoms with Gasteiger partial charge in [0.2, 0.25) is 5.91 Å². The zero-order valence-corrected chi connectivity index (χ0v) is 10.5. The minimum absolute atomic E-state index is 0.0578. The van der Waals surface area contributed by atoms with E-state index >= 15 is 0 Å². The van der Waals surface area contributed by atoms with Crippen molar-refractivity contribution in [2.24, 2.45) is 5.92 Å². The van der Waals surface area contributed by atoms with Gasteiger partial charge in [-0.2, -0.15) is 0 Å². The molecule has 0 radical (unpaired) electrons. The molecule has 19 heavy (non-hydrogen) atoms. The van der Waals surface area contributed by atoms with E-state index in [9.17, 15) is 14.0 Å². The summed E-state index contributed by atoms with van der Waals surface area (Å²) >= 11 is 0. The summed E-state index contributed by atoms with van der Waals surface area (Å²) in [6.07, 6.45) is 2.56. The molecule has 102 valence electrons. The Morgan fingerprint density at radius 3 is 2.74 bits per heavy atom. The summed E-state index contributed by atoms with van der Waals surface area (Å²) in [6.45, 7) is 0.446. The Balaban J connectivity index is 1.64. The molecule has 0 atom stereocenters. The van der Waals surface area contributed by atoms with Crippen molar-refractivity contribution < 1.29 is 18.7 Å². The minimum Gasteiger partial charge on any atom is -0.423 e. The Kier molecular flexibility index (Phi) is 4.49. The van der Waals surface area contributed by atoms with Crippen LogP contribution in [0.5, 0.6) is 5.75 Å². The molecule has 5 heteroatoms. The van der Waals surface area contributed by atoms with E-state index in [1.165, 1.54) is 18.2 Å². The predicted octanol–water partition coefficient (Wildman–Crippen LogP) is 2.04. The van der Waals surface area contributed by atoms with Gasteiger partial charge in [-0.1, -0.05) is 12.1 Å². The van der Waals surface area contributed by atoms with E-state index in [1.807, 2.05) is 0 Å². The zero-order valence-electron chi connectivity index (χ0n) is 10.5. The van der Waals surface area contributed by atoms with Crippen molar-refractivity contribution in [3.8, 4) is 5.75 Å². The highest BCUT2D eigenvalue weighted by Crippen LogP contribution is 2.28. The number of hydrogen-bond acceptors (Lipinski definition) is 3. The van der Waals surface area contributed by atoms with Gasteiger partial charge in [-0.25, -0.2) is 4.39 Å². The Hall–Kier alpha value is -1.91. The third kappa shape index (κ3) is 4.35. The monoisotopic (exact) mass is 265 g/mol. The second-order valence-corrected chi connectivity index (χ2v) is 4.57. The van der Waals surface area contributed by atoms with E-state index in [0.29, 0.717) is 13.0 Å². The van der Waals surface area contributed by atoms with Crippen LogP contribution in [0.25, 0.3) is 0 Å². The van der Waals surface area contributed by atoms with Crippen LogP contribution >= 0.6 is 0 Å². The number of benzene rings is 1. The summed E-state index contributed by atoms with van der Waals surface area (Å²) in [5, 5.41) is 2.75. The largest absolute Gasteiger partial charge is 0.423 e. The number of para-hydroxylation sites is 1. The normalized spacial score (nSPS) is 13.9. The fourth-order valence-electron chi connectivity index (χ4n) is 1.64. The van der Waals surface area contributed by atoms with Gasteiger partial charge >= 0.3 is 5.97 Å². The van der Waals surface area contributed by atoms with Gasteiger partial charge in [-0.15, -0.1) is 0 Å². The van der Waals surface area contributed by atoms with Crippen molar-refractivity contribution >= 4 is 11.9 Å². The van der Waals surface area contributed by atoms with Gasteiger partial charge in [0.05, 0.1) is 0 Å². The first-order chi connectivity index (χ1) is 9.16. The van der Waals surface area contributed by atoms with Crippen LogP contribution in [-0.2, 0) is 9.59 Å². The molecular weight excluding hydrogens is 249 g/mol. The topological polar surface area (TPSA) is 55.4 Å². The van der Waals surface area contributed by atoms with Crippen molar-refractivity contribution in [2.75, 3.05) is 6.54 Å². The van der Waals surface area contributed by atoms with Crippen molar-refractivity contribution in [3.05, 3.63) is 30.1 Å². The third-order valence-electron chi connectivity index (χ3n) is 2.87. The molecule has 1 aliphatic rings. The van der Waals surface area contributed by atoms with Gasteiger partial charge in [0.15, 0.2) is 11.6 Å². The van der Waals surface area contributed by atoms with Crippen molar-refractivity contribution in [1.29, 1.82) is 0 Å².